The van der Waals surface area contributed by atoms with Crippen LogP contribution in [-0.4, -0.2) is 27.1 Å². The van der Waals surface area contributed by atoms with Gasteiger partial charge in [-0.1, -0.05) is 39.2 Å². The fraction of sp³-hybridized carbons (Fsp3) is 0.667. The molecule has 1 fully saturated rings. The molecule has 0 aromatic rings. The maximum absolute atomic E-state index is 12.1. The third kappa shape index (κ3) is 2.26. The van der Waals surface area contributed by atoms with Crippen LogP contribution in [0.3, 0.4) is 0 Å². The van der Waals surface area contributed by atoms with E-state index in [2.05, 4.69) is 39.2 Å². The van der Waals surface area contributed by atoms with E-state index in [9.17, 15) is 4.79 Å². The summed E-state index contributed by atoms with van der Waals surface area (Å²) < 4.78 is 5.79. The third-order valence-electron chi connectivity index (χ3n) is 4.04. The number of carbonyl (C=O) groups excluding carboxylic acids is 1. The molecule has 1 saturated heterocycles. The Hall–Kier alpha value is -0.673. The van der Waals surface area contributed by atoms with Gasteiger partial charge < -0.3 is 4.74 Å². The monoisotopic (exact) mass is 264 g/mol. The first kappa shape index (κ1) is 13.8. The van der Waals surface area contributed by atoms with Gasteiger partial charge in [0.1, 0.15) is 0 Å². The highest BCUT2D eigenvalue weighted by Gasteiger charge is 2.48. The van der Waals surface area contributed by atoms with E-state index in [1.54, 1.807) is 0 Å². The molecule has 0 aromatic carbocycles. The van der Waals surface area contributed by atoms with Crippen LogP contribution in [0.5, 0.6) is 0 Å². The first-order valence-corrected chi connectivity index (χ1v) is 10.4. The van der Waals surface area contributed by atoms with E-state index >= 15 is 0 Å². The van der Waals surface area contributed by atoms with Gasteiger partial charge in [0.05, 0.1) is 21.3 Å². The molecule has 18 heavy (non-hydrogen) atoms. The summed E-state index contributed by atoms with van der Waals surface area (Å²) in [6.07, 6.45) is 2.79. The molecule has 2 rings (SSSR count). The Morgan fingerprint density at radius 2 is 2.17 bits per heavy atom. The average Bonchev–Trinajstić information content (AvgIpc) is 2.47. The lowest BCUT2D eigenvalue weighted by atomic mass is 9.71. The number of ketones is 1. The third-order valence-corrected chi connectivity index (χ3v) is 5.25. The summed E-state index contributed by atoms with van der Waals surface area (Å²) in [4.78, 5) is 12.1. The summed E-state index contributed by atoms with van der Waals surface area (Å²) >= 11 is 0. The molecule has 3 heteroatoms. The fourth-order valence-corrected chi connectivity index (χ4v) is 4.58. The molecule has 0 saturated carbocycles. The van der Waals surface area contributed by atoms with Gasteiger partial charge in [-0.05, 0) is 23.6 Å². The standard InChI is InChI=1S/C15H24O2Si/c1-6-12-14(16)7-13-11(9-18(3,4)5)8-17-10-15(12,13)2/h7,9,12H,6,8,10H2,1-5H3/b11-9+/t12-,15+/m1/s1. The topological polar surface area (TPSA) is 26.3 Å². The van der Waals surface area contributed by atoms with Crippen molar-refractivity contribution in [1.82, 2.24) is 0 Å². The lowest BCUT2D eigenvalue weighted by Crippen LogP contribution is -2.38. The van der Waals surface area contributed by atoms with Crippen molar-refractivity contribution >= 4 is 13.9 Å². The molecule has 0 N–H and O–H groups in total. The van der Waals surface area contributed by atoms with Gasteiger partial charge in [0, 0.05) is 11.3 Å². The molecule has 2 atom stereocenters. The van der Waals surface area contributed by atoms with E-state index in [0.717, 1.165) is 6.42 Å². The van der Waals surface area contributed by atoms with Gasteiger partial charge in [-0.3, -0.25) is 4.79 Å². The van der Waals surface area contributed by atoms with Crippen molar-refractivity contribution in [2.45, 2.75) is 39.9 Å². The normalized spacial score (nSPS) is 34.7. The quantitative estimate of drug-likeness (QED) is 0.715. The van der Waals surface area contributed by atoms with Crippen molar-refractivity contribution in [3.63, 3.8) is 0 Å². The maximum Gasteiger partial charge on any atom is 0.160 e. The number of allylic oxidation sites excluding steroid dienone is 1. The zero-order chi connectivity index (χ0) is 13.6. The van der Waals surface area contributed by atoms with Crippen LogP contribution in [0.15, 0.2) is 22.9 Å². The van der Waals surface area contributed by atoms with Crippen LogP contribution in [0.4, 0.5) is 0 Å². The highest BCUT2D eigenvalue weighted by molar-refractivity contribution is 6.81. The van der Waals surface area contributed by atoms with Crippen LogP contribution in [-0.2, 0) is 9.53 Å². The second kappa shape index (κ2) is 4.46. The molecule has 0 bridgehead atoms. The highest BCUT2D eigenvalue weighted by Crippen LogP contribution is 2.49. The number of fused-ring (bicyclic) bond motifs is 1. The van der Waals surface area contributed by atoms with E-state index in [1.807, 2.05) is 6.08 Å². The summed E-state index contributed by atoms with van der Waals surface area (Å²) in [6.45, 7) is 12.6. The second-order valence-electron chi connectivity index (χ2n) is 6.87. The minimum absolute atomic E-state index is 0.0877. The molecule has 2 nitrogen and oxygen atoms in total. The Balaban J connectivity index is 2.43. The first-order valence-electron chi connectivity index (χ1n) is 6.84. The van der Waals surface area contributed by atoms with E-state index in [1.165, 1.54) is 11.1 Å². The number of rotatable bonds is 2. The Morgan fingerprint density at radius 3 is 2.72 bits per heavy atom. The molecule has 0 amide bonds. The molecule has 2 aliphatic rings. The largest absolute Gasteiger partial charge is 0.376 e. The Kier molecular flexibility index (Phi) is 3.41. The van der Waals surface area contributed by atoms with Crippen molar-refractivity contribution in [3.8, 4) is 0 Å². The number of hydrogen-bond donors (Lipinski definition) is 0. The molecule has 1 heterocycles. The molecule has 0 aromatic heterocycles. The zero-order valence-electron chi connectivity index (χ0n) is 12.2. The smallest absolute Gasteiger partial charge is 0.160 e. The van der Waals surface area contributed by atoms with Gasteiger partial charge in [0.2, 0.25) is 0 Å². The van der Waals surface area contributed by atoms with E-state index in [-0.39, 0.29) is 11.3 Å². The highest BCUT2D eigenvalue weighted by atomic mass is 28.3. The Labute approximate surface area is 111 Å². The molecule has 0 unspecified atom stereocenters. The van der Waals surface area contributed by atoms with Gasteiger partial charge in [0.15, 0.2) is 5.78 Å². The summed E-state index contributed by atoms with van der Waals surface area (Å²) in [5.41, 5.74) is 4.83. The fourth-order valence-electron chi connectivity index (χ4n) is 3.29. The second-order valence-corrected chi connectivity index (χ2v) is 11.9. The minimum Gasteiger partial charge on any atom is -0.376 e. The first-order chi connectivity index (χ1) is 8.28. The molecular weight excluding hydrogens is 240 g/mol. The van der Waals surface area contributed by atoms with Crippen molar-refractivity contribution in [2.75, 3.05) is 13.2 Å². The molecule has 0 radical (unpaired) electrons. The Morgan fingerprint density at radius 1 is 1.50 bits per heavy atom. The summed E-state index contributed by atoms with van der Waals surface area (Å²) in [5.74, 6) is 0.403. The zero-order valence-corrected chi connectivity index (χ0v) is 13.2. The van der Waals surface area contributed by atoms with Crippen molar-refractivity contribution in [1.29, 1.82) is 0 Å². The maximum atomic E-state index is 12.1. The predicted octanol–water partition coefficient (Wildman–Crippen LogP) is 3.36. The molecule has 1 aliphatic heterocycles. The molecular formula is C15H24O2Si. The predicted molar refractivity (Wildman–Crippen MR) is 77.2 cm³/mol. The number of hydrogen-bond acceptors (Lipinski definition) is 2. The van der Waals surface area contributed by atoms with E-state index < -0.39 is 8.07 Å². The van der Waals surface area contributed by atoms with Gasteiger partial charge in [-0.25, -0.2) is 0 Å². The van der Waals surface area contributed by atoms with Gasteiger partial charge in [0.25, 0.3) is 0 Å². The van der Waals surface area contributed by atoms with E-state index in [4.69, 9.17) is 4.74 Å². The van der Waals surface area contributed by atoms with E-state index in [0.29, 0.717) is 19.0 Å². The summed E-state index contributed by atoms with van der Waals surface area (Å²) in [5, 5.41) is 0. The van der Waals surface area contributed by atoms with Crippen LogP contribution >= 0.6 is 0 Å². The minimum atomic E-state index is -1.29. The van der Waals surface area contributed by atoms with Crippen LogP contribution in [0.25, 0.3) is 0 Å². The van der Waals surface area contributed by atoms with Crippen molar-refractivity contribution in [3.05, 3.63) is 22.9 Å². The lowest BCUT2D eigenvalue weighted by Gasteiger charge is -2.38. The molecule has 0 spiro atoms. The number of ether oxygens (including phenoxy) is 1. The van der Waals surface area contributed by atoms with Gasteiger partial charge in [-0.2, -0.15) is 0 Å². The summed E-state index contributed by atoms with van der Waals surface area (Å²) in [7, 11) is -1.29. The van der Waals surface area contributed by atoms with Crippen LogP contribution in [0, 0.1) is 11.3 Å². The van der Waals surface area contributed by atoms with Crippen LogP contribution in [0.1, 0.15) is 20.3 Å². The molecule has 100 valence electrons. The van der Waals surface area contributed by atoms with Gasteiger partial charge in [-0.15, -0.1) is 0 Å². The SMILES string of the molecule is CC[C@@H]1C(=O)C=C2/C(=C/[Si](C)(C)C)COC[C@]21C. The number of carbonyl (C=O) groups is 1. The van der Waals surface area contributed by atoms with Crippen molar-refractivity contribution < 1.29 is 9.53 Å². The lowest BCUT2D eigenvalue weighted by molar-refractivity contribution is -0.121. The molecule has 1 aliphatic carbocycles. The van der Waals surface area contributed by atoms with Crippen LogP contribution < -0.4 is 0 Å². The van der Waals surface area contributed by atoms with Gasteiger partial charge >= 0.3 is 0 Å². The Bertz CT molecular complexity index is 428. The van der Waals surface area contributed by atoms with Crippen LogP contribution in [0.2, 0.25) is 19.6 Å². The van der Waals surface area contributed by atoms with Crippen molar-refractivity contribution in [2.24, 2.45) is 11.3 Å². The average molecular weight is 264 g/mol. The summed E-state index contributed by atoms with van der Waals surface area (Å²) in [6, 6.07) is 0.